The van der Waals surface area contributed by atoms with Gasteiger partial charge in [0.15, 0.2) is 5.13 Å². The van der Waals surface area contributed by atoms with E-state index in [1.54, 1.807) is 11.1 Å². The van der Waals surface area contributed by atoms with Crippen LogP contribution in [0.15, 0.2) is 35.0 Å². The number of rotatable bonds is 4. The van der Waals surface area contributed by atoms with Crippen LogP contribution in [0, 0.1) is 18.6 Å². The number of aromatic nitrogens is 4. The first-order chi connectivity index (χ1) is 12.0. The number of anilines is 2. The van der Waals surface area contributed by atoms with Crippen LogP contribution in [-0.2, 0) is 4.79 Å². The average Bonchev–Trinajstić information content (AvgIpc) is 3.17. The van der Waals surface area contributed by atoms with Gasteiger partial charge in [-0.3, -0.25) is 14.8 Å². The number of hydrogen-bond acceptors (Lipinski definition) is 6. The molecule has 9 heteroatoms. The number of carbonyl (C=O) groups excluding carboxylic acids is 1. The molecule has 0 aliphatic heterocycles. The fourth-order valence-electron chi connectivity index (χ4n) is 2.43. The van der Waals surface area contributed by atoms with Gasteiger partial charge in [0, 0.05) is 12.3 Å². The first-order valence-corrected chi connectivity index (χ1v) is 8.75. The summed E-state index contributed by atoms with van der Waals surface area (Å²) in [6.45, 7) is 5.50. The van der Waals surface area contributed by atoms with Gasteiger partial charge in [-0.1, -0.05) is 18.2 Å². The highest BCUT2D eigenvalue weighted by atomic mass is 32.1. The van der Waals surface area contributed by atoms with Crippen LogP contribution >= 0.6 is 23.6 Å². The molecule has 2 aromatic heterocycles. The van der Waals surface area contributed by atoms with Crippen LogP contribution in [0.5, 0.6) is 0 Å². The maximum atomic E-state index is 12.3. The number of carbonyl (C=O) groups is 1. The summed E-state index contributed by atoms with van der Waals surface area (Å²) in [5.74, 6) is -0.0905. The van der Waals surface area contributed by atoms with E-state index in [0.29, 0.717) is 15.6 Å². The standard InChI is InChI=1S/C16H16N6OS2/c1-10-5-4-6-11(2)14(10)22(12(3)23)16-19-13(8-25-16)7-18-21-9-17-20-15(21)24/h4-9H,1-3H3,(H,20,24)/b18-7-. The van der Waals surface area contributed by atoms with Gasteiger partial charge in [0.2, 0.25) is 10.7 Å². The van der Waals surface area contributed by atoms with Crippen LogP contribution in [0.25, 0.3) is 0 Å². The third-order valence-corrected chi connectivity index (χ3v) is 4.65. The molecule has 0 atom stereocenters. The summed E-state index contributed by atoms with van der Waals surface area (Å²) < 4.78 is 1.83. The van der Waals surface area contributed by atoms with Gasteiger partial charge in [0.1, 0.15) is 6.33 Å². The lowest BCUT2D eigenvalue weighted by atomic mass is 10.1. The maximum Gasteiger partial charge on any atom is 0.230 e. The van der Waals surface area contributed by atoms with E-state index in [-0.39, 0.29) is 5.91 Å². The molecule has 0 fully saturated rings. The Balaban J connectivity index is 1.96. The van der Waals surface area contributed by atoms with Crippen LogP contribution < -0.4 is 4.90 Å². The molecule has 0 saturated carbocycles. The first kappa shape index (κ1) is 17.2. The highest BCUT2D eigenvalue weighted by Crippen LogP contribution is 2.33. The Morgan fingerprint density at radius 3 is 2.72 bits per heavy atom. The van der Waals surface area contributed by atoms with Gasteiger partial charge in [-0.2, -0.15) is 14.9 Å². The molecule has 0 radical (unpaired) electrons. The van der Waals surface area contributed by atoms with E-state index in [1.807, 2.05) is 37.4 Å². The van der Waals surface area contributed by atoms with Crippen molar-refractivity contribution >= 4 is 46.5 Å². The Bertz CT molecular complexity index is 980. The number of amides is 1. The summed E-state index contributed by atoms with van der Waals surface area (Å²) in [4.78, 5) is 18.4. The maximum absolute atomic E-state index is 12.3. The van der Waals surface area contributed by atoms with Gasteiger partial charge in [-0.15, -0.1) is 11.3 Å². The minimum absolute atomic E-state index is 0.0905. The van der Waals surface area contributed by atoms with E-state index in [1.165, 1.54) is 29.3 Å². The molecule has 1 aromatic carbocycles. The van der Waals surface area contributed by atoms with E-state index in [0.717, 1.165) is 16.8 Å². The second kappa shape index (κ2) is 7.08. The molecule has 2 heterocycles. The number of aromatic amines is 1. The van der Waals surface area contributed by atoms with Gasteiger partial charge in [0.05, 0.1) is 17.6 Å². The normalized spacial score (nSPS) is 11.2. The number of nitrogens with zero attached hydrogens (tertiary/aromatic N) is 5. The highest BCUT2D eigenvalue weighted by Gasteiger charge is 2.21. The van der Waals surface area contributed by atoms with Crippen molar-refractivity contribution in [1.82, 2.24) is 19.9 Å². The molecule has 7 nitrogen and oxygen atoms in total. The fraction of sp³-hybridized carbons (Fsp3) is 0.188. The number of hydrogen-bond donors (Lipinski definition) is 1. The van der Waals surface area contributed by atoms with E-state index >= 15 is 0 Å². The molecule has 0 unspecified atom stereocenters. The summed E-state index contributed by atoms with van der Waals surface area (Å²) in [5.41, 5.74) is 3.54. The van der Waals surface area contributed by atoms with Gasteiger partial charge in [-0.05, 0) is 37.2 Å². The van der Waals surface area contributed by atoms with Crippen LogP contribution in [0.2, 0.25) is 0 Å². The molecule has 1 N–H and O–H groups in total. The van der Waals surface area contributed by atoms with E-state index in [2.05, 4.69) is 20.3 Å². The predicted octanol–water partition coefficient (Wildman–Crippen LogP) is 3.58. The van der Waals surface area contributed by atoms with Gasteiger partial charge >= 0.3 is 0 Å². The molecule has 0 saturated heterocycles. The predicted molar refractivity (Wildman–Crippen MR) is 101 cm³/mol. The molecule has 3 rings (SSSR count). The Morgan fingerprint density at radius 2 is 2.12 bits per heavy atom. The monoisotopic (exact) mass is 372 g/mol. The zero-order chi connectivity index (χ0) is 18.0. The van der Waals surface area contributed by atoms with Gasteiger partial charge in [-0.25, -0.2) is 4.98 Å². The van der Waals surface area contributed by atoms with Gasteiger partial charge in [0.25, 0.3) is 0 Å². The molecular formula is C16H16N6OS2. The SMILES string of the molecule is CC(=O)N(c1nc(/C=N\n2cn[nH]c2=S)cs1)c1c(C)cccc1C. The van der Waals surface area contributed by atoms with E-state index < -0.39 is 0 Å². The Morgan fingerprint density at radius 1 is 1.40 bits per heavy atom. The lowest BCUT2D eigenvalue weighted by Gasteiger charge is -2.22. The Hall–Kier alpha value is -2.65. The molecule has 1 amide bonds. The number of thiazole rings is 1. The zero-order valence-corrected chi connectivity index (χ0v) is 15.6. The van der Waals surface area contributed by atoms with Crippen molar-refractivity contribution in [1.29, 1.82) is 0 Å². The third-order valence-electron chi connectivity index (χ3n) is 3.53. The zero-order valence-electron chi connectivity index (χ0n) is 13.9. The fourth-order valence-corrected chi connectivity index (χ4v) is 3.40. The summed E-state index contributed by atoms with van der Waals surface area (Å²) in [5, 5.41) is 13.1. The molecule has 0 aliphatic carbocycles. The van der Waals surface area contributed by atoms with Crippen molar-refractivity contribution in [3.63, 3.8) is 0 Å². The smallest absolute Gasteiger partial charge is 0.230 e. The second-order valence-corrected chi connectivity index (χ2v) is 6.62. The summed E-state index contributed by atoms with van der Waals surface area (Å²) in [6.07, 6.45) is 3.05. The van der Waals surface area contributed by atoms with Crippen molar-refractivity contribution in [3.8, 4) is 0 Å². The largest absolute Gasteiger partial charge is 0.274 e. The third kappa shape index (κ3) is 3.57. The number of nitrogens with one attached hydrogen (secondary N) is 1. The highest BCUT2D eigenvalue weighted by molar-refractivity contribution is 7.71. The Kier molecular flexibility index (Phi) is 4.86. The van der Waals surface area contributed by atoms with Crippen molar-refractivity contribution in [2.24, 2.45) is 5.10 Å². The molecular weight excluding hydrogens is 356 g/mol. The molecule has 128 valence electrons. The van der Waals surface area contributed by atoms with Crippen LogP contribution in [-0.4, -0.2) is 32.0 Å². The van der Waals surface area contributed by atoms with Crippen LogP contribution in [0.1, 0.15) is 23.7 Å². The second-order valence-electron chi connectivity index (χ2n) is 5.40. The summed E-state index contributed by atoms with van der Waals surface area (Å²) in [7, 11) is 0. The number of para-hydroxylation sites is 1. The van der Waals surface area contributed by atoms with E-state index in [4.69, 9.17) is 12.2 Å². The van der Waals surface area contributed by atoms with E-state index in [9.17, 15) is 4.79 Å². The molecule has 0 spiro atoms. The van der Waals surface area contributed by atoms with Crippen molar-refractivity contribution in [3.05, 3.63) is 51.5 Å². The van der Waals surface area contributed by atoms with Crippen LogP contribution in [0.3, 0.4) is 0 Å². The molecule has 25 heavy (non-hydrogen) atoms. The summed E-state index contributed by atoms with van der Waals surface area (Å²) >= 11 is 6.42. The number of aryl methyl sites for hydroxylation is 2. The minimum atomic E-state index is -0.0905. The van der Waals surface area contributed by atoms with Gasteiger partial charge < -0.3 is 0 Å². The van der Waals surface area contributed by atoms with Crippen molar-refractivity contribution in [2.45, 2.75) is 20.8 Å². The molecule has 3 aromatic rings. The summed E-state index contributed by atoms with van der Waals surface area (Å²) in [6, 6.07) is 5.94. The van der Waals surface area contributed by atoms with Crippen LogP contribution in [0.4, 0.5) is 10.8 Å². The lowest BCUT2D eigenvalue weighted by molar-refractivity contribution is -0.115. The molecule has 0 aliphatic rings. The number of benzene rings is 1. The average molecular weight is 372 g/mol. The quantitative estimate of drug-likeness (QED) is 0.561. The minimum Gasteiger partial charge on any atom is -0.274 e. The van der Waals surface area contributed by atoms with Crippen molar-refractivity contribution < 1.29 is 4.79 Å². The topological polar surface area (TPSA) is 79.2 Å². The lowest BCUT2D eigenvalue weighted by Crippen LogP contribution is -2.24. The molecule has 0 bridgehead atoms. The number of H-pyrrole nitrogens is 1. The first-order valence-electron chi connectivity index (χ1n) is 7.46. The Labute approximate surface area is 153 Å². The van der Waals surface area contributed by atoms with Crippen molar-refractivity contribution in [2.75, 3.05) is 4.90 Å².